The molecule has 0 aromatic heterocycles. The Morgan fingerprint density at radius 2 is 1.77 bits per heavy atom. The lowest BCUT2D eigenvalue weighted by atomic mass is 9.84. The van der Waals surface area contributed by atoms with Gasteiger partial charge in [0, 0.05) is 25.2 Å². The zero-order chi connectivity index (χ0) is 14.8. The molecule has 0 aliphatic carbocycles. The molecule has 0 saturated carbocycles. The van der Waals surface area contributed by atoms with Gasteiger partial charge in [0.2, 0.25) is 0 Å². The van der Waals surface area contributed by atoms with Crippen LogP contribution < -0.4 is 5.32 Å². The van der Waals surface area contributed by atoms with Crippen LogP contribution in [0.3, 0.4) is 0 Å². The Labute approximate surface area is 133 Å². The molecule has 2 heteroatoms. The van der Waals surface area contributed by atoms with Gasteiger partial charge >= 0.3 is 0 Å². The summed E-state index contributed by atoms with van der Waals surface area (Å²) >= 11 is 0. The van der Waals surface area contributed by atoms with Crippen LogP contribution in [0, 0.1) is 0 Å². The van der Waals surface area contributed by atoms with E-state index in [-0.39, 0.29) is 0 Å². The van der Waals surface area contributed by atoms with Crippen molar-refractivity contribution in [2.24, 2.45) is 0 Å². The van der Waals surface area contributed by atoms with E-state index in [1.807, 2.05) is 0 Å². The topological polar surface area (TPSA) is 15.3 Å². The Morgan fingerprint density at radius 1 is 0.955 bits per heavy atom. The minimum Gasteiger partial charge on any atom is -0.304 e. The van der Waals surface area contributed by atoms with E-state index in [0.717, 1.165) is 13.1 Å². The number of nitrogens with zero attached hydrogens (tertiary/aromatic N) is 1. The molecule has 2 aliphatic heterocycles. The van der Waals surface area contributed by atoms with Crippen LogP contribution in [0.15, 0.2) is 54.6 Å². The summed E-state index contributed by atoms with van der Waals surface area (Å²) in [5.41, 5.74) is 4.39. The summed E-state index contributed by atoms with van der Waals surface area (Å²) in [6, 6.07) is 20.9. The minimum atomic E-state index is 0.463. The van der Waals surface area contributed by atoms with Gasteiger partial charge in [0.15, 0.2) is 0 Å². The van der Waals surface area contributed by atoms with Gasteiger partial charge in [0.05, 0.1) is 0 Å². The molecule has 2 aromatic rings. The van der Waals surface area contributed by atoms with E-state index in [0.29, 0.717) is 12.1 Å². The predicted molar refractivity (Wildman–Crippen MR) is 90.5 cm³/mol. The van der Waals surface area contributed by atoms with Crippen LogP contribution in [0.25, 0.3) is 0 Å². The van der Waals surface area contributed by atoms with Gasteiger partial charge in [0.1, 0.15) is 0 Å². The van der Waals surface area contributed by atoms with E-state index in [1.54, 1.807) is 0 Å². The molecule has 2 atom stereocenters. The number of piperidine rings is 1. The maximum Gasteiger partial charge on any atom is 0.0484 e. The summed E-state index contributed by atoms with van der Waals surface area (Å²) in [6.45, 7) is 3.33. The highest BCUT2D eigenvalue weighted by Crippen LogP contribution is 2.36. The van der Waals surface area contributed by atoms with Gasteiger partial charge in [-0.05, 0) is 36.1 Å². The summed E-state index contributed by atoms with van der Waals surface area (Å²) in [4.78, 5) is 2.69. The average Bonchev–Trinajstić information content (AvgIpc) is 2.59. The maximum atomic E-state index is 3.85. The predicted octanol–water partition coefficient (Wildman–Crippen LogP) is 3.89. The number of hydrogen-bond acceptors (Lipinski definition) is 2. The second-order valence-electron chi connectivity index (χ2n) is 6.58. The molecule has 114 valence electrons. The molecule has 22 heavy (non-hydrogen) atoms. The molecule has 1 N–H and O–H groups in total. The standard InChI is InChI=1S/C20H24N2/c1-2-8-16(9-3-1)14-21-20-18-11-5-4-10-17(18)15-22-13-7-6-12-19(20)22/h1-5,8-11,19-21H,6-7,12-15H2/t19-,20-/m1/s1. The molecule has 0 spiro atoms. The first-order chi connectivity index (χ1) is 10.9. The average molecular weight is 292 g/mol. The smallest absolute Gasteiger partial charge is 0.0484 e. The highest BCUT2D eigenvalue weighted by atomic mass is 15.2. The van der Waals surface area contributed by atoms with Crippen LogP contribution in [-0.2, 0) is 13.1 Å². The fourth-order valence-corrected chi connectivity index (χ4v) is 4.07. The molecule has 0 unspecified atom stereocenters. The molecular formula is C20H24N2. The first kappa shape index (κ1) is 14.0. The second kappa shape index (κ2) is 6.23. The van der Waals surface area contributed by atoms with Gasteiger partial charge in [-0.25, -0.2) is 0 Å². The largest absolute Gasteiger partial charge is 0.304 e. The minimum absolute atomic E-state index is 0.463. The molecule has 2 heterocycles. The van der Waals surface area contributed by atoms with E-state index >= 15 is 0 Å². The molecule has 2 aromatic carbocycles. The van der Waals surface area contributed by atoms with E-state index in [1.165, 1.54) is 42.5 Å². The monoisotopic (exact) mass is 292 g/mol. The molecule has 2 aliphatic rings. The van der Waals surface area contributed by atoms with E-state index < -0.39 is 0 Å². The highest BCUT2D eigenvalue weighted by molar-refractivity contribution is 5.34. The van der Waals surface area contributed by atoms with Crippen LogP contribution in [0.5, 0.6) is 0 Å². The van der Waals surface area contributed by atoms with Crippen molar-refractivity contribution in [3.63, 3.8) is 0 Å². The number of hydrogen-bond donors (Lipinski definition) is 1. The van der Waals surface area contributed by atoms with Crippen molar-refractivity contribution < 1.29 is 0 Å². The summed E-state index contributed by atoms with van der Waals surface area (Å²) in [5.74, 6) is 0. The van der Waals surface area contributed by atoms with Crippen molar-refractivity contribution in [2.45, 2.75) is 44.4 Å². The van der Waals surface area contributed by atoms with Gasteiger partial charge in [-0.3, -0.25) is 4.90 Å². The van der Waals surface area contributed by atoms with E-state index in [9.17, 15) is 0 Å². The van der Waals surface area contributed by atoms with Gasteiger partial charge in [-0.2, -0.15) is 0 Å². The summed E-state index contributed by atoms with van der Waals surface area (Å²) in [5, 5.41) is 3.85. The van der Waals surface area contributed by atoms with E-state index in [2.05, 4.69) is 64.8 Å². The Balaban J connectivity index is 1.59. The van der Waals surface area contributed by atoms with Gasteiger partial charge in [-0.15, -0.1) is 0 Å². The Morgan fingerprint density at radius 3 is 2.68 bits per heavy atom. The Kier molecular flexibility index (Phi) is 3.96. The third kappa shape index (κ3) is 2.69. The maximum absolute atomic E-state index is 3.85. The van der Waals surface area contributed by atoms with Crippen LogP contribution in [0.1, 0.15) is 42.0 Å². The first-order valence-corrected chi connectivity index (χ1v) is 8.51. The molecule has 2 nitrogen and oxygen atoms in total. The van der Waals surface area contributed by atoms with Gasteiger partial charge < -0.3 is 5.32 Å². The van der Waals surface area contributed by atoms with Crippen molar-refractivity contribution >= 4 is 0 Å². The van der Waals surface area contributed by atoms with E-state index in [4.69, 9.17) is 0 Å². The first-order valence-electron chi connectivity index (χ1n) is 8.51. The lowest BCUT2D eigenvalue weighted by Crippen LogP contribution is -2.50. The molecular weight excluding hydrogens is 268 g/mol. The molecule has 0 radical (unpaired) electrons. The van der Waals surface area contributed by atoms with Crippen molar-refractivity contribution in [3.8, 4) is 0 Å². The molecule has 1 saturated heterocycles. The third-order valence-electron chi connectivity index (χ3n) is 5.18. The third-order valence-corrected chi connectivity index (χ3v) is 5.18. The molecule has 1 fully saturated rings. The fraction of sp³-hybridized carbons (Fsp3) is 0.400. The Hall–Kier alpha value is -1.64. The number of benzene rings is 2. The molecule has 0 bridgehead atoms. The summed E-state index contributed by atoms with van der Waals surface area (Å²) in [7, 11) is 0. The SMILES string of the molecule is c1ccc(CN[C@@H]2c3ccccc3CN3CCCC[C@H]23)cc1. The zero-order valence-electron chi connectivity index (χ0n) is 13.0. The van der Waals surface area contributed by atoms with Crippen molar-refractivity contribution in [3.05, 3.63) is 71.3 Å². The van der Waals surface area contributed by atoms with Crippen LogP contribution in [0.2, 0.25) is 0 Å². The van der Waals surface area contributed by atoms with Crippen molar-refractivity contribution in [2.75, 3.05) is 6.54 Å². The highest BCUT2D eigenvalue weighted by Gasteiger charge is 2.35. The quantitative estimate of drug-likeness (QED) is 0.923. The van der Waals surface area contributed by atoms with Gasteiger partial charge in [0.25, 0.3) is 0 Å². The lowest BCUT2D eigenvalue weighted by molar-refractivity contribution is 0.0911. The second-order valence-corrected chi connectivity index (χ2v) is 6.58. The fourth-order valence-electron chi connectivity index (χ4n) is 4.07. The van der Waals surface area contributed by atoms with Crippen LogP contribution >= 0.6 is 0 Å². The zero-order valence-corrected chi connectivity index (χ0v) is 13.0. The van der Waals surface area contributed by atoms with Crippen LogP contribution in [-0.4, -0.2) is 17.5 Å². The Bertz CT molecular complexity index is 623. The number of nitrogens with one attached hydrogen (secondary N) is 1. The normalized spacial score (nSPS) is 24.5. The molecule has 4 rings (SSSR count). The lowest BCUT2D eigenvalue weighted by Gasteiger charge is -2.45. The van der Waals surface area contributed by atoms with Gasteiger partial charge in [-0.1, -0.05) is 61.0 Å². The summed E-state index contributed by atoms with van der Waals surface area (Å²) < 4.78 is 0. The number of fused-ring (bicyclic) bond motifs is 2. The molecule has 0 amide bonds. The van der Waals surface area contributed by atoms with Crippen molar-refractivity contribution in [1.29, 1.82) is 0 Å². The van der Waals surface area contributed by atoms with Crippen LogP contribution in [0.4, 0.5) is 0 Å². The van der Waals surface area contributed by atoms with Crippen molar-refractivity contribution in [1.82, 2.24) is 10.2 Å². The summed E-state index contributed by atoms with van der Waals surface area (Å²) in [6.07, 6.45) is 4.04. The number of rotatable bonds is 3.